The molecule has 1 aromatic heterocycles. The van der Waals surface area contributed by atoms with E-state index in [4.69, 9.17) is 11.6 Å². The lowest BCUT2D eigenvalue weighted by atomic mass is 9.95. The van der Waals surface area contributed by atoms with Crippen molar-refractivity contribution in [3.63, 3.8) is 0 Å². The zero-order chi connectivity index (χ0) is 14.3. The minimum absolute atomic E-state index is 0.128. The van der Waals surface area contributed by atoms with Crippen LogP contribution in [0.15, 0.2) is 42.5 Å². The monoisotopic (exact) mass is 285 g/mol. The highest BCUT2D eigenvalue weighted by Crippen LogP contribution is 2.30. The van der Waals surface area contributed by atoms with Crippen LogP contribution in [-0.4, -0.2) is 14.8 Å². The lowest BCUT2D eigenvalue weighted by Gasteiger charge is -2.20. The predicted molar refractivity (Wildman–Crippen MR) is 82.6 cm³/mol. The Labute approximate surface area is 123 Å². The second-order valence-corrected chi connectivity index (χ2v) is 6.21. The summed E-state index contributed by atoms with van der Waals surface area (Å²) in [5.41, 5.74) is 0.889. The van der Waals surface area contributed by atoms with E-state index in [2.05, 4.69) is 49.2 Å². The van der Waals surface area contributed by atoms with Crippen LogP contribution in [0.3, 0.4) is 0 Å². The SMILES string of the molecule is CC(C)(C)c1nnc(Cl)n1-c1cccc2ccccc12. The van der Waals surface area contributed by atoms with E-state index in [0.717, 1.165) is 16.9 Å². The van der Waals surface area contributed by atoms with Crippen LogP contribution < -0.4 is 0 Å². The Balaban J connectivity index is 2.35. The van der Waals surface area contributed by atoms with Crippen molar-refractivity contribution in [3.8, 4) is 5.69 Å². The van der Waals surface area contributed by atoms with Gasteiger partial charge >= 0.3 is 0 Å². The number of hydrogen-bond donors (Lipinski definition) is 0. The van der Waals surface area contributed by atoms with Gasteiger partial charge in [0, 0.05) is 10.8 Å². The van der Waals surface area contributed by atoms with Gasteiger partial charge in [0.15, 0.2) is 0 Å². The van der Waals surface area contributed by atoms with Crippen molar-refractivity contribution < 1.29 is 0 Å². The lowest BCUT2D eigenvalue weighted by molar-refractivity contribution is 0.533. The third-order valence-electron chi connectivity index (χ3n) is 3.30. The lowest BCUT2D eigenvalue weighted by Crippen LogP contribution is -2.18. The molecule has 0 spiro atoms. The smallest absolute Gasteiger partial charge is 0.229 e. The van der Waals surface area contributed by atoms with Crippen LogP contribution in [-0.2, 0) is 5.41 Å². The quantitative estimate of drug-likeness (QED) is 0.664. The zero-order valence-electron chi connectivity index (χ0n) is 11.8. The van der Waals surface area contributed by atoms with Crippen LogP contribution in [0.4, 0.5) is 0 Å². The highest BCUT2D eigenvalue weighted by Gasteiger charge is 2.24. The highest BCUT2D eigenvalue weighted by atomic mass is 35.5. The van der Waals surface area contributed by atoms with Crippen LogP contribution in [0.1, 0.15) is 26.6 Å². The van der Waals surface area contributed by atoms with Crippen LogP contribution in [0.25, 0.3) is 16.5 Å². The van der Waals surface area contributed by atoms with Gasteiger partial charge in [0.1, 0.15) is 5.82 Å². The molecule has 0 saturated heterocycles. The predicted octanol–water partition coefficient (Wildman–Crippen LogP) is 4.37. The molecule has 0 atom stereocenters. The minimum atomic E-state index is -0.128. The molecule has 0 bridgehead atoms. The maximum Gasteiger partial charge on any atom is 0.229 e. The molecule has 0 unspecified atom stereocenters. The molecular weight excluding hydrogens is 270 g/mol. The summed E-state index contributed by atoms with van der Waals surface area (Å²) in [6.45, 7) is 6.32. The van der Waals surface area contributed by atoms with E-state index >= 15 is 0 Å². The van der Waals surface area contributed by atoms with E-state index in [9.17, 15) is 0 Å². The topological polar surface area (TPSA) is 30.7 Å². The van der Waals surface area contributed by atoms with Crippen molar-refractivity contribution in [2.24, 2.45) is 0 Å². The number of nitrogens with zero attached hydrogens (tertiary/aromatic N) is 3. The van der Waals surface area contributed by atoms with Crippen LogP contribution in [0, 0.1) is 0 Å². The van der Waals surface area contributed by atoms with Gasteiger partial charge in [0.25, 0.3) is 0 Å². The number of aromatic nitrogens is 3. The van der Waals surface area contributed by atoms with Crippen molar-refractivity contribution in [1.29, 1.82) is 0 Å². The second kappa shape index (κ2) is 4.60. The summed E-state index contributed by atoms with van der Waals surface area (Å²) in [5, 5.41) is 11.0. The molecule has 4 heteroatoms. The van der Waals surface area contributed by atoms with Gasteiger partial charge in [-0.1, -0.05) is 57.2 Å². The number of fused-ring (bicyclic) bond motifs is 1. The first-order valence-corrected chi connectivity index (χ1v) is 6.96. The molecule has 1 heterocycles. The van der Waals surface area contributed by atoms with Gasteiger partial charge in [-0.25, -0.2) is 0 Å². The van der Waals surface area contributed by atoms with Gasteiger partial charge in [-0.15, -0.1) is 10.2 Å². The van der Waals surface area contributed by atoms with Crippen molar-refractivity contribution in [3.05, 3.63) is 53.6 Å². The van der Waals surface area contributed by atoms with Gasteiger partial charge in [0.05, 0.1) is 5.69 Å². The maximum atomic E-state index is 6.28. The van der Waals surface area contributed by atoms with Gasteiger partial charge in [0.2, 0.25) is 5.28 Å². The first-order valence-electron chi connectivity index (χ1n) is 6.58. The summed E-state index contributed by atoms with van der Waals surface area (Å²) in [7, 11) is 0. The molecule has 0 amide bonds. The molecule has 0 aliphatic heterocycles. The Hall–Kier alpha value is -1.87. The fraction of sp³-hybridized carbons (Fsp3) is 0.250. The number of halogens is 1. The molecule has 20 heavy (non-hydrogen) atoms. The minimum Gasteiger partial charge on any atom is -0.269 e. The van der Waals surface area contributed by atoms with Crippen LogP contribution in [0.2, 0.25) is 5.28 Å². The molecule has 0 aliphatic carbocycles. The van der Waals surface area contributed by atoms with E-state index in [1.165, 1.54) is 5.39 Å². The van der Waals surface area contributed by atoms with Gasteiger partial charge in [-0.2, -0.15) is 0 Å². The average Bonchev–Trinajstić information content (AvgIpc) is 2.80. The standard InChI is InChI=1S/C16H16ClN3/c1-16(2,3)14-18-19-15(17)20(14)13-10-6-8-11-7-4-5-9-12(11)13/h4-10H,1-3H3. The summed E-state index contributed by atoms with van der Waals surface area (Å²) in [4.78, 5) is 0. The fourth-order valence-corrected chi connectivity index (χ4v) is 2.58. The van der Waals surface area contributed by atoms with E-state index < -0.39 is 0 Å². The molecule has 0 aliphatic rings. The van der Waals surface area contributed by atoms with Crippen LogP contribution >= 0.6 is 11.6 Å². The molecule has 0 N–H and O–H groups in total. The molecule has 0 radical (unpaired) electrons. The highest BCUT2D eigenvalue weighted by molar-refractivity contribution is 6.28. The summed E-state index contributed by atoms with van der Waals surface area (Å²) in [6, 6.07) is 14.4. The Morgan fingerprint density at radius 2 is 1.65 bits per heavy atom. The van der Waals surface area contributed by atoms with Crippen molar-refractivity contribution in [1.82, 2.24) is 14.8 Å². The largest absolute Gasteiger partial charge is 0.269 e. The van der Waals surface area contributed by atoms with Crippen molar-refractivity contribution in [2.75, 3.05) is 0 Å². The third kappa shape index (κ3) is 2.08. The maximum absolute atomic E-state index is 6.28. The Kier molecular flexibility index (Phi) is 3.02. The second-order valence-electron chi connectivity index (χ2n) is 5.88. The number of rotatable bonds is 1. The summed E-state index contributed by atoms with van der Waals surface area (Å²) < 4.78 is 1.93. The van der Waals surface area contributed by atoms with Gasteiger partial charge in [-0.3, -0.25) is 4.57 Å². The third-order valence-corrected chi connectivity index (χ3v) is 3.55. The molecular formula is C16H16ClN3. The normalized spacial score (nSPS) is 12.0. The molecule has 3 aromatic rings. The zero-order valence-corrected chi connectivity index (χ0v) is 12.5. The van der Waals surface area contributed by atoms with E-state index in [-0.39, 0.29) is 5.41 Å². The van der Waals surface area contributed by atoms with Gasteiger partial charge < -0.3 is 0 Å². The molecule has 0 saturated carbocycles. The summed E-state index contributed by atoms with van der Waals surface area (Å²) in [6.07, 6.45) is 0. The molecule has 102 valence electrons. The van der Waals surface area contributed by atoms with Crippen molar-refractivity contribution in [2.45, 2.75) is 26.2 Å². The van der Waals surface area contributed by atoms with E-state index in [0.29, 0.717) is 5.28 Å². The first-order chi connectivity index (χ1) is 9.48. The Morgan fingerprint density at radius 3 is 2.40 bits per heavy atom. The van der Waals surface area contributed by atoms with E-state index in [1.807, 2.05) is 28.8 Å². The summed E-state index contributed by atoms with van der Waals surface area (Å²) in [5.74, 6) is 0.860. The van der Waals surface area contributed by atoms with Crippen molar-refractivity contribution >= 4 is 22.4 Å². The molecule has 3 rings (SSSR count). The number of benzene rings is 2. The van der Waals surface area contributed by atoms with Gasteiger partial charge in [-0.05, 0) is 23.1 Å². The summed E-state index contributed by atoms with van der Waals surface area (Å²) >= 11 is 6.28. The molecule has 0 fully saturated rings. The van der Waals surface area contributed by atoms with Crippen LogP contribution in [0.5, 0.6) is 0 Å². The molecule has 3 nitrogen and oxygen atoms in total. The first kappa shape index (κ1) is 13.1. The Bertz CT molecular complexity index is 763. The average molecular weight is 286 g/mol. The number of hydrogen-bond acceptors (Lipinski definition) is 2. The molecule has 2 aromatic carbocycles. The fourth-order valence-electron chi connectivity index (χ4n) is 2.37. The Morgan fingerprint density at radius 1 is 0.950 bits per heavy atom. The van der Waals surface area contributed by atoms with E-state index in [1.54, 1.807) is 0 Å².